The van der Waals surface area contributed by atoms with E-state index in [0.717, 1.165) is 31.0 Å². The molecule has 10 nitrogen and oxygen atoms in total. The molecular weight excluding hydrogens is 649 g/mol. The van der Waals surface area contributed by atoms with Crippen molar-refractivity contribution in [3.8, 4) is 12.3 Å². The molecule has 0 aliphatic heterocycles. The summed E-state index contributed by atoms with van der Waals surface area (Å²) in [5.74, 6) is 4.41. The molecule has 0 fully saturated rings. The Labute approximate surface area is 287 Å². The van der Waals surface area contributed by atoms with Gasteiger partial charge in [0.1, 0.15) is 5.03 Å². The van der Waals surface area contributed by atoms with Crippen LogP contribution in [0.15, 0.2) is 69.8 Å². The third-order valence-corrected chi connectivity index (χ3v) is 10.7. The molecule has 0 radical (unpaired) electrons. The van der Waals surface area contributed by atoms with Crippen LogP contribution in [0, 0.1) is 50.3 Å². The second kappa shape index (κ2) is 34.3. The van der Waals surface area contributed by atoms with Crippen LogP contribution in [-0.2, 0) is 0 Å². The van der Waals surface area contributed by atoms with E-state index in [1.807, 2.05) is 84.5 Å². The third kappa shape index (κ3) is 48.5. The van der Waals surface area contributed by atoms with E-state index in [1.165, 1.54) is 4.90 Å². The lowest BCUT2D eigenvalue weighted by Crippen LogP contribution is -2.03. The first-order chi connectivity index (χ1) is 20.9. The average molecular weight is 701 g/mol. The van der Waals surface area contributed by atoms with Gasteiger partial charge in [-0.2, -0.15) is 0 Å². The van der Waals surface area contributed by atoms with Crippen molar-refractivity contribution in [3.05, 3.63) is 85.4 Å². The minimum Gasteiger partial charge on any atom is -0.265 e. The highest BCUT2D eigenvalue weighted by molar-refractivity contribution is 8.77. The van der Waals surface area contributed by atoms with Gasteiger partial charge in [0.25, 0.3) is 0 Å². The Morgan fingerprint density at radius 1 is 0.800 bits per heavy atom. The number of nitro groups is 2. The van der Waals surface area contributed by atoms with Crippen molar-refractivity contribution < 1.29 is 9.85 Å². The lowest BCUT2D eigenvalue weighted by molar-refractivity contribution is -0.445. The predicted molar refractivity (Wildman–Crippen MR) is 200 cm³/mol. The summed E-state index contributed by atoms with van der Waals surface area (Å²) in [5, 5.41) is 23.4. The molecule has 1 aromatic heterocycles. The zero-order chi connectivity index (χ0) is 35.8. The molecule has 254 valence electrons. The molecule has 2 atom stereocenters. The fraction of sp³-hybridized carbons (Fsp3) is 0.581. The Bertz CT molecular complexity index is 993. The topological polar surface area (TPSA) is 148 Å². The SMILES string of the molecule is C#CC(C)C.CC(C)C(C)SSc1ccccc1.CC(C)C(C)SSc1ccccn1.CC(C)N=[N+]=[N-].C[N+](=O)[O-].C[N+](=O)[O-]. The molecule has 45 heavy (non-hydrogen) atoms. The highest BCUT2D eigenvalue weighted by atomic mass is 33.1. The number of aromatic nitrogens is 1. The van der Waals surface area contributed by atoms with Gasteiger partial charge in [-0.3, -0.25) is 20.2 Å². The van der Waals surface area contributed by atoms with E-state index >= 15 is 0 Å². The lowest BCUT2D eigenvalue weighted by Gasteiger charge is -2.13. The lowest BCUT2D eigenvalue weighted by atomic mass is 10.2. The maximum Gasteiger partial charge on any atom is 0.194 e. The van der Waals surface area contributed by atoms with Gasteiger partial charge in [-0.15, -0.1) is 12.3 Å². The maximum atomic E-state index is 8.81. The predicted octanol–water partition coefficient (Wildman–Crippen LogP) is 11.1. The second-order valence-electron chi connectivity index (χ2n) is 10.2. The van der Waals surface area contributed by atoms with E-state index < -0.39 is 9.85 Å². The van der Waals surface area contributed by atoms with Crippen molar-refractivity contribution in [2.24, 2.45) is 22.9 Å². The van der Waals surface area contributed by atoms with Crippen LogP contribution in [0.25, 0.3) is 10.4 Å². The van der Waals surface area contributed by atoms with Crippen LogP contribution in [-0.4, -0.2) is 45.5 Å². The van der Waals surface area contributed by atoms with Crippen LogP contribution in [0.1, 0.15) is 69.2 Å². The molecule has 2 rings (SSSR count). The first kappa shape index (κ1) is 49.3. The molecule has 0 spiro atoms. The summed E-state index contributed by atoms with van der Waals surface area (Å²) < 4.78 is 0. The van der Waals surface area contributed by atoms with Gasteiger partial charge in [0, 0.05) is 48.3 Å². The Balaban J connectivity index is -0.000000243. The molecule has 1 aromatic carbocycles. The van der Waals surface area contributed by atoms with Gasteiger partial charge >= 0.3 is 0 Å². The summed E-state index contributed by atoms with van der Waals surface area (Å²) in [6.07, 6.45) is 6.76. The second-order valence-corrected chi connectivity index (χ2v) is 15.5. The number of hydrogen-bond acceptors (Lipinski definition) is 10. The van der Waals surface area contributed by atoms with Gasteiger partial charge in [0.2, 0.25) is 0 Å². The Morgan fingerprint density at radius 2 is 1.20 bits per heavy atom. The number of terminal acetylenes is 1. The zero-order valence-electron chi connectivity index (χ0n) is 28.7. The van der Waals surface area contributed by atoms with Crippen LogP contribution in [0.3, 0.4) is 0 Å². The number of rotatable bonds is 9. The Morgan fingerprint density at radius 3 is 1.49 bits per heavy atom. The van der Waals surface area contributed by atoms with Gasteiger partial charge < -0.3 is 0 Å². The maximum absolute atomic E-state index is 8.81. The Hall–Kier alpha value is -2.56. The molecule has 14 heteroatoms. The highest BCUT2D eigenvalue weighted by Crippen LogP contribution is 2.37. The minimum absolute atomic E-state index is 0.106. The summed E-state index contributed by atoms with van der Waals surface area (Å²) in [7, 11) is 9.26. The monoisotopic (exact) mass is 700 g/mol. The smallest absolute Gasteiger partial charge is 0.194 e. The molecule has 1 heterocycles. The molecule has 0 N–H and O–H groups in total. The van der Waals surface area contributed by atoms with Crippen LogP contribution in [0.5, 0.6) is 0 Å². The normalized spacial score (nSPS) is 10.6. The fourth-order valence-corrected chi connectivity index (χ4v) is 6.42. The van der Waals surface area contributed by atoms with Crippen molar-refractivity contribution >= 4 is 43.2 Å². The average Bonchev–Trinajstić information content (AvgIpc) is 2.96. The van der Waals surface area contributed by atoms with Crippen molar-refractivity contribution in [2.45, 2.75) is 95.7 Å². The van der Waals surface area contributed by atoms with E-state index in [4.69, 9.17) is 32.2 Å². The van der Waals surface area contributed by atoms with Crippen LogP contribution in [0.2, 0.25) is 0 Å². The molecular formula is C31H52N6O4S4. The van der Waals surface area contributed by atoms with E-state index in [-0.39, 0.29) is 6.04 Å². The number of pyridine rings is 1. The molecule has 0 aliphatic rings. The summed E-state index contributed by atoms with van der Waals surface area (Å²) in [6.45, 7) is 21.2. The van der Waals surface area contributed by atoms with E-state index in [9.17, 15) is 0 Å². The number of benzene rings is 1. The Kier molecular flexibility index (Phi) is 37.6. The van der Waals surface area contributed by atoms with Crippen molar-refractivity contribution in [3.63, 3.8) is 0 Å². The van der Waals surface area contributed by atoms with Gasteiger partial charge in [-0.1, -0.05) is 131 Å². The number of hydrogen-bond donors (Lipinski definition) is 0. The zero-order valence-corrected chi connectivity index (χ0v) is 32.0. The molecule has 0 aliphatic carbocycles. The van der Waals surface area contributed by atoms with Crippen LogP contribution in [0.4, 0.5) is 0 Å². The van der Waals surface area contributed by atoms with Crippen molar-refractivity contribution in [2.75, 3.05) is 14.1 Å². The summed E-state index contributed by atoms with van der Waals surface area (Å²) in [6, 6.07) is 16.7. The largest absolute Gasteiger partial charge is 0.265 e. The van der Waals surface area contributed by atoms with Gasteiger partial charge in [-0.05, 0) is 52.4 Å². The van der Waals surface area contributed by atoms with E-state index in [1.54, 1.807) is 10.8 Å². The van der Waals surface area contributed by atoms with Gasteiger partial charge in [0.15, 0.2) is 14.1 Å². The number of azide groups is 1. The van der Waals surface area contributed by atoms with Crippen molar-refractivity contribution in [1.82, 2.24) is 4.98 Å². The highest BCUT2D eigenvalue weighted by Gasteiger charge is 2.09. The first-order valence-electron chi connectivity index (χ1n) is 14.2. The van der Waals surface area contributed by atoms with Gasteiger partial charge in [-0.25, -0.2) is 4.98 Å². The van der Waals surface area contributed by atoms with Crippen LogP contribution < -0.4 is 0 Å². The quantitative estimate of drug-likeness (QED) is 0.0473. The molecule has 0 saturated heterocycles. The minimum atomic E-state index is -0.500. The first-order valence-corrected chi connectivity index (χ1v) is 18.6. The van der Waals surface area contributed by atoms with Crippen LogP contribution >= 0.6 is 43.2 Å². The van der Waals surface area contributed by atoms with E-state index in [0.29, 0.717) is 16.4 Å². The fourth-order valence-electron chi connectivity index (χ4n) is 1.45. The van der Waals surface area contributed by atoms with E-state index in [2.05, 4.69) is 92.8 Å². The van der Waals surface area contributed by atoms with Gasteiger partial charge in [0.05, 0.1) is 0 Å². The standard InChI is InChI=1S/C11H16S2.C10H15NS2.C5H8.C3H7N3.2CH3NO2/c1-9(2)10(3)12-13-11-7-5-4-6-8-11;1-8(2)9(3)12-13-10-6-4-5-7-11-10;1-4-5(2)3;1-3(2)5-6-4;2*1-2(3)4/h4-10H,1-3H3;4-9H,1-3H3;1,5H,2-3H3;3H,1-2H3;2*1H3. The molecule has 2 unspecified atom stereocenters. The molecule has 0 bridgehead atoms. The third-order valence-electron chi connectivity index (χ3n) is 4.46. The molecule has 0 amide bonds. The molecule has 2 aromatic rings. The molecule has 0 saturated carbocycles. The van der Waals surface area contributed by atoms with Crippen molar-refractivity contribution in [1.29, 1.82) is 0 Å². The summed E-state index contributed by atoms with van der Waals surface area (Å²) in [4.78, 5) is 24.8. The summed E-state index contributed by atoms with van der Waals surface area (Å²) >= 11 is 0. The number of nitrogens with zero attached hydrogens (tertiary/aromatic N) is 6. The summed E-state index contributed by atoms with van der Waals surface area (Å²) in [5.41, 5.74) is 7.70.